The summed E-state index contributed by atoms with van der Waals surface area (Å²) in [5.74, 6) is 1.14. The Morgan fingerprint density at radius 3 is 2.56 bits per heavy atom. The number of nitrogen functional groups attached to an aromatic ring is 1. The summed E-state index contributed by atoms with van der Waals surface area (Å²) in [6.45, 7) is 1.97. The van der Waals surface area contributed by atoms with Gasteiger partial charge in [0, 0.05) is 10.8 Å². The molecule has 0 fully saturated rings. The van der Waals surface area contributed by atoms with E-state index in [1.165, 1.54) is 5.56 Å². The first-order chi connectivity index (χ1) is 12.2. The Morgan fingerprint density at radius 1 is 1.12 bits per heavy atom. The van der Waals surface area contributed by atoms with E-state index in [0.29, 0.717) is 17.4 Å². The molecule has 0 saturated heterocycles. The predicted molar refractivity (Wildman–Crippen MR) is 98.2 cm³/mol. The van der Waals surface area contributed by atoms with E-state index in [2.05, 4.69) is 22.1 Å². The Hall–Kier alpha value is -3.15. The van der Waals surface area contributed by atoms with E-state index in [-0.39, 0.29) is 6.61 Å². The lowest BCUT2D eigenvalue weighted by molar-refractivity contribution is -0.120. The molecule has 0 atom stereocenters. The van der Waals surface area contributed by atoms with Crippen molar-refractivity contribution in [2.75, 3.05) is 12.3 Å². The highest BCUT2D eigenvalue weighted by Gasteiger charge is 2.08. The fraction of sp³-hybridized carbons (Fsp3) is 0.211. The van der Waals surface area contributed by atoms with Crippen LogP contribution in [0.15, 0.2) is 58.8 Å². The van der Waals surface area contributed by atoms with Crippen molar-refractivity contribution in [1.29, 1.82) is 0 Å². The van der Waals surface area contributed by atoms with Gasteiger partial charge in [0.15, 0.2) is 12.4 Å². The zero-order valence-corrected chi connectivity index (χ0v) is 14.0. The molecule has 1 aromatic heterocycles. The number of aryl methyl sites for hydroxylation is 1. The zero-order valence-electron chi connectivity index (χ0n) is 14.0. The highest BCUT2D eigenvalue weighted by atomic mass is 16.5. The number of ether oxygens (including phenoxy) is 1. The predicted octanol–water partition coefficient (Wildman–Crippen LogP) is 4.39. The van der Waals surface area contributed by atoms with Crippen molar-refractivity contribution in [2.24, 2.45) is 10.2 Å². The molecule has 3 N–H and O–H groups in total. The number of nitrogens with zero attached hydrogens (tertiary/aromatic N) is 2. The van der Waals surface area contributed by atoms with Crippen LogP contribution < -0.4 is 10.5 Å². The molecule has 0 aliphatic carbocycles. The van der Waals surface area contributed by atoms with Crippen molar-refractivity contribution in [3.05, 3.63) is 54.1 Å². The molecule has 0 spiro atoms. The monoisotopic (exact) mass is 336 g/mol. The molecule has 25 heavy (non-hydrogen) atoms. The average Bonchev–Trinajstić information content (AvgIpc) is 2.96. The first kappa shape index (κ1) is 16.7. The molecule has 2 aromatic carbocycles. The van der Waals surface area contributed by atoms with Gasteiger partial charge in [0.2, 0.25) is 0 Å². The van der Waals surface area contributed by atoms with Gasteiger partial charge in [-0.15, -0.1) is 10.2 Å². The smallest absolute Gasteiger partial charge is 0.302 e. The van der Waals surface area contributed by atoms with Crippen LogP contribution in [-0.4, -0.2) is 17.5 Å². The van der Waals surface area contributed by atoms with Crippen LogP contribution in [0.2, 0.25) is 0 Å². The van der Waals surface area contributed by atoms with Crippen LogP contribution in [0.3, 0.4) is 0 Å². The summed E-state index contributed by atoms with van der Waals surface area (Å²) < 4.78 is 5.44. The fourth-order valence-electron chi connectivity index (χ4n) is 2.59. The van der Waals surface area contributed by atoms with Gasteiger partial charge in [-0.2, -0.15) is 0 Å². The van der Waals surface area contributed by atoms with Crippen LogP contribution in [-0.2, 0) is 11.2 Å². The number of aromatic nitrogens is 1. The Labute approximate surface area is 145 Å². The number of amides is 1. The van der Waals surface area contributed by atoms with Gasteiger partial charge >= 0.3 is 5.91 Å². The molecule has 1 heterocycles. The Morgan fingerprint density at radius 2 is 1.84 bits per heavy atom. The van der Waals surface area contributed by atoms with Crippen LogP contribution in [0.5, 0.6) is 5.75 Å². The summed E-state index contributed by atoms with van der Waals surface area (Å²) in [6.07, 6.45) is 2.12. The number of hydrogen-bond donors (Lipinski definition) is 2. The van der Waals surface area contributed by atoms with Crippen molar-refractivity contribution >= 4 is 28.3 Å². The number of benzene rings is 2. The number of azo groups is 1. The third-order valence-electron chi connectivity index (χ3n) is 3.81. The van der Waals surface area contributed by atoms with Gasteiger partial charge in [0.25, 0.3) is 0 Å². The molecule has 0 aliphatic heterocycles. The second kappa shape index (κ2) is 7.61. The first-order valence-corrected chi connectivity index (χ1v) is 8.20. The van der Waals surface area contributed by atoms with Crippen LogP contribution in [0.1, 0.15) is 18.9 Å². The van der Waals surface area contributed by atoms with Gasteiger partial charge in [-0.3, -0.25) is 4.79 Å². The summed E-state index contributed by atoms with van der Waals surface area (Å²) in [5.41, 5.74) is 7.13. The number of carbonyl (C=O) groups excluding carboxylic acids is 1. The standard InChI is InChI=1S/C19H20N4O2/c1-2-5-13-8-10-14(11-9-13)25-12-17(24)22-23-19-16-7-4-3-6-15(16)18(20)21-19/h3-4,6-11,21H,2,5,12,20H2,1H3. The highest BCUT2D eigenvalue weighted by molar-refractivity contribution is 5.99. The molecular weight excluding hydrogens is 316 g/mol. The Balaban J connectivity index is 1.61. The second-order valence-electron chi connectivity index (χ2n) is 5.71. The summed E-state index contributed by atoms with van der Waals surface area (Å²) in [4.78, 5) is 14.8. The SMILES string of the molecule is CCCc1ccc(OCC(=O)N=Nc2[nH]c(N)c3ccccc23)cc1. The maximum atomic E-state index is 11.9. The van der Waals surface area contributed by atoms with Gasteiger partial charge in [0.05, 0.1) is 0 Å². The van der Waals surface area contributed by atoms with E-state index >= 15 is 0 Å². The topological polar surface area (TPSA) is 92.8 Å². The summed E-state index contributed by atoms with van der Waals surface area (Å²) in [5, 5.41) is 9.34. The molecule has 0 aliphatic rings. The minimum absolute atomic E-state index is 0.162. The lowest BCUT2D eigenvalue weighted by atomic mass is 10.1. The molecular formula is C19H20N4O2. The Kier molecular flexibility index (Phi) is 5.09. The van der Waals surface area contributed by atoms with Crippen molar-refractivity contribution < 1.29 is 9.53 Å². The van der Waals surface area contributed by atoms with Crippen molar-refractivity contribution in [3.63, 3.8) is 0 Å². The molecule has 0 radical (unpaired) electrons. The lowest BCUT2D eigenvalue weighted by Crippen LogP contribution is -2.07. The van der Waals surface area contributed by atoms with Gasteiger partial charge in [-0.25, -0.2) is 0 Å². The summed E-state index contributed by atoms with van der Waals surface area (Å²) >= 11 is 0. The second-order valence-corrected chi connectivity index (χ2v) is 5.71. The van der Waals surface area contributed by atoms with E-state index in [1.807, 2.05) is 48.5 Å². The summed E-state index contributed by atoms with van der Waals surface area (Å²) in [7, 11) is 0. The maximum absolute atomic E-state index is 11.9. The van der Waals surface area contributed by atoms with Gasteiger partial charge in [0.1, 0.15) is 11.6 Å². The van der Waals surface area contributed by atoms with E-state index < -0.39 is 5.91 Å². The molecule has 6 heteroatoms. The van der Waals surface area contributed by atoms with Crippen molar-refractivity contribution in [3.8, 4) is 5.75 Å². The number of anilines is 1. The molecule has 1 amide bonds. The van der Waals surface area contributed by atoms with Gasteiger partial charge in [-0.05, 0) is 24.1 Å². The molecule has 0 unspecified atom stereocenters. The maximum Gasteiger partial charge on any atom is 0.302 e. The van der Waals surface area contributed by atoms with Gasteiger partial charge < -0.3 is 15.5 Å². The van der Waals surface area contributed by atoms with E-state index in [0.717, 1.165) is 23.6 Å². The zero-order chi connectivity index (χ0) is 17.6. The van der Waals surface area contributed by atoms with E-state index in [1.54, 1.807) is 0 Å². The van der Waals surface area contributed by atoms with E-state index in [9.17, 15) is 4.79 Å². The third-order valence-corrected chi connectivity index (χ3v) is 3.81. The Bertz CT molecular complexity index is 897. The molecule has 3 aromatic rings. The van der Waals surface area contributed by atoms with Crippen LogP contribution in [0, 0.1) is 0 Å². The number of fused-ring (bicyclic) bond motifs is 1. The number of carbonyl (C=O) groups is 1. The first-order valence-electron chi connectivity index (χ1n) is 8.20. The minimum Gasteiger partial charge on any atom is -0.484 e. The third kappa shape index (κ3) is 4.03. The van der Waals surface area contributed by atoms with Crippen LogP contribution in [0.4, 0.5) is 11.6 Å². The van der Waals surface area contributed by atoms with Crippen LogP contribution >= 0.6 is 0 Å². The number of nitrogens with one attached hydrogen (secondary N) is 1. The number of rotatable bonds is 6. The molecule has 0 saturated carbocycles. The molecule has 6 nitrogen and oxygen atoms in total. The van der Waals surface area contributed by atoms with Crippen molar-refractivity contribution in [1.82, 2.24) is 4.98 Å². The number of aromatic amines is 1. The number of H-pyrrole nitrogens is 1. The quantitative estimate of drug-likeness (QED) is 0.654. The van der Waals surface area contributed by atoms with Crippen molar-refractivity contribution in [2.45, 2.75) is 19.8 Å². The number of hydrogen-bond acceptors (Lipinski definition) is 4. The van der Waals surface area contributed by atoms with E-state index in [4.69, 9.17) is 10.5 Å². The van der Waals surface area contributed by atoms with Crippen LogP contribution in [0.25, 0.3) is 10.8 Å². The summed E-state index contributed by atoms with van der Waals surface area (Å²) in [6, 6.07) is 15.2. The molecule has 3 rings (SSSR count). The molecule has 128 valence electrons. The minimum atomic E-state index is -0.463. The highest BCUT2D eigenvalue weighted by Crippen LogP contribution is 2.30. The normalized spacial score (nSPS) is 11.2. The average molecular weight is 336 g/mol. The lowest BCUT2D eigenvalue weighted by Gasteiger charge is -2.04. The van der Waals surface area contributed by atoms with Gasteiger partial charge in [-0.1, -0.05) is 49.7 Å². The number of nitrogens with two attached hydrogens (primary N) is 1. The largest absolute Gasteiger partial charge is 0.484 e. The molecule has 0 bridgehead atoms. The fourth-order valence-corrected chi connectivity index (χ4v) is 2.59.